The van der Waals surface area contributed by atoms with Crippen LogP contribution in [0.2, 0.25) is 0 Å². The van der Waals surface area contributed by atoms with Gasteiger partial charge in [0, 0.05) is 19.0 Å². The quantitative estimate of drug-likeness (QED) is 0.355. The van der Waals surface area contributed by atoms with Gasteiger partial charge in [0.1, 0.15) is 42.5 Å². The van der Waals surface area contributed by atoms with Gasteiger partial charge >= 0.3 is 5.97 Å². The number of benzene rings is 2. The van der Waals surface area contributed by atoms with Crippen LogP contribution >= 0.6 is 0 Å². The largest absolute Gasteiger partial charge is 0.493 e. The molecule has 0 saturated carbocycles. The van der Waals surface area contributed by atoms with Crippen LogP contribution in [0.15, 0.2) is 30.3 Å². The molecule has 192 valence electrons. The van der Waals surface area contributed by atoms with Gasteiger partial charge in [-0.3, -0.25) is 9.89 Å². The number of esters is 1. The molecule has 2 aromatic carbocycles. The zero-order valence-electron chi connectivity index (χ0n) is 20.1. The smallest absolute Gasteiger partial charge is 0.302 e. The Kier molecular flexibility index (Phi) is 6.85. The molecule has 0 radical (unpaired) electrons. The van der Waals surface area contributed by atoms with Crippen molar-refractivity contribution >= 4 is 16.9 Å². The number of H-pyrrole nitrogens is 1. The molecular formula is C26H30N2O8. The first-order valence-electron chi connectivity index (χ1n) is 12.0. The first kappa shape index (κ1) is 24.5. The molecule has 4 N–H and O–H groups in total. The van der Waals surface area contributed by atoms with Crippen molar-refractivity contribution in [2.24, 2.45) is 0 Å². The van der Waals surface area contributed by atoms with Crippen molar-refractivity contribution in [3.05, 3.63) is 52.7 Å². The van der Waals surface area contributed by atoms with E-state index in [-0.39, 0.29) is 6.61 Å². The molecule has 2 aliphatic rings. The average Bonchev–Trinajstić information content (AvgIpc) is 3.48. The minimum atomic E-state index is -1.54. The molecule has 2 aliphatic heterocycles. The Bertz CT molecular complexity index is 1260. The van der Waals surface area contributed by atoms with Gasteiger partial charge in [-0.15, -0.1) is 0 Å². The maximum atomic E-state index is 11.2. The van der Waals surface area contributed by atoms with Crippen LogP contribution in [-0.2, 0) is 33.5 Å². The van der Waals surface area contributed by atoms with E-state index in [0.717, 1.165) is 35.2 Å². The summed E-state index contributed by atoms with van der Waals surface area (Å²) in [4.78, 5) is 11.2. The summed E-state index contributed by atoms with van der Waals surface area (Å²) in [6.45, 7) is 3.56. The summed E-state index contributed by atoms with van der Waals surface area (Å²) in [6, 6.07) is 9.98. The molecule has 3 heterocycles. The van der Waals surface area contributed by atoms with Gasteiger partial charge in [-0.25, -0.2) is 0 Å². The molecule has 5 atom stereocenters. The molecule has 1 aromatic heterocycles. The lowest BCUT2D eigenvalue weighted by Crippen LogP contribution is -2.60. The van der Waals surface area contributed by atoms with Gasteiger partial charge in [-0.2, -0.15) is 5.10 Å². The summed E-state index contributed by atoms with van der Waals surface area (Å²) < 4.78 is 22.3. The number of ether oxygens (including phenoxy) is 4. The number of hydrogen-bond donors (Lipinski definition) is 4. The van der Waals surface area contributed by atoms with Gasteiger partial charge in [-0.1, -0.05) is 12.1 Å². The minimum absolute atomic E-state index is 0.286. The van der Waals surface area contributed by atoms with Crippen LogP contribution in [0.4, 0.5) is 0 Å². The van der Waals surface area contributed by atoms with Crippen LogP contribution < -0.4 is 9.47 Å². The van der Waals surface area contributed by atoms with Gasteiger partial charge in [-0.05, 0) is 54.7 Å². The second-order valence-electron chi connectivity index (χ2n) is 9.34. The molecule has 10 heteroatoms. The van der Waals surface area contributed by atoms with E-state index >= 15 is 0 Å². The zero-order valence-corrected chi connectivity index (χ0v) is 20.1. The van der Waals surface area contributed by atoms with Crippen molar-refractivity contribution < 1.29 is 39.1 Å². The number of aliphatic hydroxyl groups excluding tert-OH is 3. The molecule has 3 aromatic rings. The topological polar surface area (TPSA) is 143 Å². The summed E-state index contributed by atoms with van der Waals surface area (Å²) in [7, 11) is 0. The second-order valence-corrected chi connectivity index (χ2v) is 9.34. The summed E-state index contributed by atoms with van der Waals surface area (Å²) in [5, 5.41) is 39.5. The van der Waals surface area contributed by atoms with E-state index in [1.807, 2.05) is 25.1 Å². The molecule has 36 heavy (non-hydrogen) atoms. The standard InChI is InChI=1S/C26H30N2O8/c1-13-9-18-22(17(27-28-18)5-3-15-4-6-19-16(11-15)7-8-33-19)20(10-13)35-26-25(32)24(31)23(30)21(36-26)12-34-14(2)29/h4,6,9-11,21,23-26,30-32H,3,5,7-8,12H2,1-2H3,(H,27,28)/t21-,23-,24+,25-,26-/m1/s1. The molecule has 10 nitrogen and oxygen atoms in total. The van der Waals surface area contributed by atoms with Gasteiger partial charge in [0.15, 0.2) is 0 Å². The Morgan fingerprint density at radius 2 is 1.97 bits per heavy atom. The van der Waals surface area contributed by atoms with Crippen LogP contribution in [0.1, 0.15) is 29.3 Å². The SMILES string of the molecule is CC(=O)OC[C@H]1O[C@@H](Oc2cc(C)cc3n[nH]c(CCc4ccc5c(c4)CCO5)c23)[C@H](O)[C@@H](O)[C@@H]1O. The van der Waals surface area contributed by atoms with E-state index < -0.39 is 36.7 Å². The number of hydrogen-bond acceptors (Lipinski definition) is 9. The third-order valence-corrected chi connectivity index (χ3v) is 6.62. The predicted octanol–water partition coefficient (Wildman–Crippen LogP) is 1.34. The summed E-state index contributed by atoms with van der Waals surface area (Å²) >= 11 is 0. The van der Waals surface area contributed by atoms with E-state index in [1.165, 1.54) is 18.1 Å². The number of fused-ring (bicyclic) bond motifs is 2. The third kappa shape index (κ3) is 4.90. The number of aromatic nitrogens is 2. The van der Waals surface area contributed by atoms with Crippen molar-refractivity contribution in [3.63, 3.8) is 0 Å². The number of nitrogens with one attached hydrogen (secondary N) is 1. The lowest BCUT2D eigenvalue weighted by atomic mass is 9.99. The minimum Gasteiger partial charge on any atom is -0.493 e. The van der Waals surface area contributed by atoms with Crippen molar-refractivity contribution in [1.82, 2.24) is 10.2 Å². The Morgan fingerprint density at radius 3 is 2.78 bits per heavy atom. The predicted molar refractivity (Wildman–Crippen MR) is 128 cm³/mol. The number of carbonyl (C=O) groups excluding carboxylic acids is 1. The number of carbonyl (C=O) groups is 1. The van der Waals surface area contributed by atoms with E-state index in [4.69, 9.17) is 18.9 Å². The van der Waals surface area contributed by atoms with Crippen molar-refractivity contribution in [3.8, 4) is 11.5 Å². The van der Waals surface area contributed by atoms with Gasteiger partial charge < -0.3 is 34.3 Å². The Labute approximate surface area is 207 Å². The van der Waals surface area contributed by atoms with Crippen LogP contribution in [0.5, 0.6) is 11.5 Å². The van der Waals surface area contributed by atoms with Crippen LogP contribution in [0.25, 0.3) is 10.9 Å². The lowest BCUT2D eigenvalue weighted by Gasteiger charge is -2.40. The first-order valence-corrected chi connectivity index (χ1v) is 12.0. The fourth-order valence-electron chi connectivity index (χ4n) is 4.72. The number of aliphatic hydroxyl groups is 3. The van der Waals surface area contributed by atoms with Crippen LogP contribution in [0, 0.1) is 6.92 Å². The molecular weight excluding hydrogens is 468 g/mol. The third-order valence-electron chi connectivity index (χ3n) is 6.62. The summed E-state index contributed by atoms with van der Waals surface area (Å²) in [5.41, 5.74) is 4.85. The highest BCUT2D eigenvalue weighted by atomic mass is 16.7. The maximum absolute atomic E-state index is 11.2. The van der Waals surface area contributed by atoms with Crippen LogP contribution in [0.3, 0.4) is 0 Å². The van der Waals surface area contributed by atoms with Gasteiger partial charge in [0.2, 0.25) is 6.29 Å². The van der Waals surface area contributed by atoms with Crippen molar-refractivity contribution in [2.75, 3.05) is 13.2 Å². The number of nitrogens with zero attached hydrogens (tertiary/aromatic N) is 1. The highest BCUT2D eigenvalue weighted by molar-refractivity contribution is 5.88. The molecule has 0 aliphatic carbocycles. The van der Waals surface area contributed by atoms with Crippen molar-refractivity contribution in [1.29, 1.82) is 0 Å². The average molecular weight is 499 g/mol. The van der Waals surface area contributed by atoms with E-state index in [0.29, 0.717) is 24.3 Å². The highest BCUT2D eigenvalue weighted by Crippen LogP contribution is 2.33. The molecule has 1 saturated heterocycles. The fourth-order valence-corrected chi connectivity index (χ4v) is 4.72. The van der Waals surface area contributed by atoms with Gasteiger partial charge in [0.25, 0.3) is 0 Å². The number of aromatic amines is 1. The molecule has 5 rings (SSSR count). The first-order chi connectivity index (χ1) is 17.3. The monoisotopic (exact) mass is 498 g/mol. The van der Waals surface area contributed by atoms with Gasteiger partial charge in [0.05, 0.1) is 17.5 Å². The number of aryl methyl sites for hydroxylation is 3. The zero-order chi connectivity index (χ0) is 25.4. The Hall–Kier alpha value is -3.18. The molecule has 0 amide bonds. The molecule has 0 spiro atoms. The number of rotatable bonds is 7. The summed E-state index contributed by atoms with van der Waals surface area (Å²) in [6.07, 6.45) is -4.52. The van der Waals surface area contributed by atoms with Crippen molar-refractivity contribution in [2.45, 2.75) is 63.8 Å². The van der Waals surface area contributed by atoms with Crippen LogP contribution in [-0.4, -0.2) is 75.4 Å². The second kappa shape index (κ2) is 10.1. The molecule has 0 unspecified atom stereocenters. The normalized spacial score (nSPS) is 25.4. The van der Waals surface area contributed by atoms with E-state index in [9.17, 15) is 20.1 Å². The highest BCUT2D eigenvalue weighted by Gasteiger charge is 2.45. The fraction of sp³-hybridized carbons (Fsp3) is 0.462. The lowest BCUT2D eigenvalue weighted by molar-refractivity contribution is -0.278. The summed E-state index contributed by atoms with van der Waals surface area (Å²) in [5.74, 6) is 0.820. The Morgan fingerprint density at radius 1 is 1.14 bits per heavy atom. The molecule has 0 bridgehead atoms. The Balaban J connectivity index is 1.38. The molecule has 1 fully saturated rings. The van der Waals surface area contributed by atoms with E-state index in [1.54, 1.807) is 0 Å². The van der Waals surface area contributed by atoms with E-state index in [2.05, 4.69) is 22.3 Å². The maximum Gasteiger partial charge on any atom is 0.302 e.